The number of nitrogens with one attached hydrogen (secondary N) is 1. The number of anilines is 1. The van der Waals surface area contributed by atoms with Crippen LogP contribution >= 0.6 is 11.3 Å². The molecule has 0 spiro atoms. The topological polar surface area (TPSA) is 52.0 Å². The van der Waals surface area contributed by atoms with Crippen molar-refractivity contribution in [3.63, 3.8) is 0 Å². The second-order valence-corrected chi connectivity index (χ2v) is 8.43. The highest BCUT2D eigenvalue weighted by molar-refractivity contribution is 7.10. The number of nitrogens with zero attached hydrogens (tertiary/aromatic N) is 3. The Morgan fingerprint density at radius 2 is 2.07 bits per heavy atom. The van der Waals surface area contributed by atoms with Gasteiger partial charge in [-0.15, -0.1) is 11.3 Å². The molecule has 2 aromatic heterocycles. The Kier molecular flexibility index (Phi) is 3.79. The molecule has 0 saturated heterocycles. The van der Waals surface area contributed by atoms with Gasteiger partial charge in [0.2, 0.25) is 5.95 Å². The average molecular weight is 416 g/mol. The lowest BCUT2D eigenvalue weighted by Crippen LogP contribution is -2.32. The van der Waals surface area contributed by atoms with Gasteiger partial charge in [-0.1, -0.05) is 29.8 Å². The molecule has 4 heterocycles. The highest BCUT2D eigenvalue weighted by Gasteiger charge is 2.41. The molecule has 5 nitrogen and oxygen atoms in total. The van der Waals surface area contributed by atoms with Crippen LogP contribution in [0.15, 0.2) is 71.9 Å². The van der Waals surface area contributed by atoms with Crippen molar-refractivity contribution in [3.05, 3.63) is 99.3 Å². The first-order valence-corrected chi connectivity index (χ1v) is 10.5. The molecule has 7 heteroatoms. The molecule has 6 rings (SSSR count). The van der Waals surface area contributed by atoms with E-state index < -0.39 is 6.10 Å². The smallest absolute Gasteiger partial charge is 0.226 e. The van der Waals surface area contributed by atoms with Crippen molar-refractivity contribution >= 4 is 23.0 Å². The fraction of sp³-hybridized carbons (Fsp3) is 0.130. The van der Waals surface area contributed by atoms with Gasteiger partial charge in [0.25, 0.3) is 0 Å². The summed E-state index contributed by atoms with van der Waals surface area (Å²) in [6.45, 7) is 2.06. The molecule has 1 N–H and O–H groups in total. The van der Waals surface area contributed by atoms with E-state index in [2.05, 4.69) is 34.5 Å². The molecule has 2 atom stereocenters. The van der Waals surface area contributed by atoms with Crippen LogP contribution < -0.4 is 10.1 Å². The maximum atomic E-state index is 14.1. The van der Waals surface area contributed by atoms with E-state index in [4.69, 9.17) is 4.74 Å². The van der Waals surface area contributed by atoms with Crippen molar-refractivity contribution in [2.75, 3.05) is 5.32 Å². The summed E-state index contributed by atoms with van der Waals surface area (Å²) in [5.74, 6) is 1.16. The van der Waals surface area contributed by atoms with Crippen molar-refractivity contribution in [2.24, 2.45) is 0 Å². The summed E-state index contributed by atoms with van der Waals surface area (Å²) in [4.78, 5) is 5.55. The van der Waals surface area contributed by atoms with Crippen LogP contribution in [-0.2, 0) is 0 Å². The van der Waals surface area contributed by atoms with Crippen LogP contribution in [0.25, 0.3) is 5.70 Å². The highest BCUT2D eigenvalue weighted by atomic mass is 32.1. The highest BCUT2D eigenvalue weighted by Crippen LogP contribution is 2.51. The predicted octanol–water partition coefficient (Wildman–Crippen LogP) is 5.35. The first-order valence-electron chi connectivity index (χ1n) is 9.66. The maximum Gasteiger partial charge on any atom is 0.226 e. The van der Waals surface area contributed by atoms with Gasteiger partial charge >= 0.3 is 0 Å². The third-order valence-corrected chi connectivity index (χ3v) is 6.46. The van der Waals surface area contributed by atoms with E-state index in [0.29, 0.717) is 5.95 Å². The lowest BCUT2D eigenvalue weighted by Gasteiger charge is -2.38. The largest absolute Gasteiger partial charge is 0.480 e. The van der Waals surface area contributed by atoms with Crippen molar-refractivity contribution in [1.29, 1.82) is 0 Å². The zero-order valence-corrected chi connectivity index (χ0v) is 16.9. The summed E-state index contributed by atoms with van der Waals surface area (Å²) in [6, 6.07) is 16.6. The molecule has 2 aromatic carbocycles. The number of hydrogen-bond donors (Lipinski definition) is 1. The standard InChI is InChI=1S/C23H17FN4OS/c1-13-7-8-17-16(10-13)20-19(22(29-17)14-4-2-5-15(24)11-14)21(18-6-3-9-30-18)28-23(27-20)25-12-26-28/h2-12,21-22H,1H3,(H,25,26,27)/t21-,22+/m0/s1. The zero-order chi connectivity index (χ0) is 20.2. The minimum atomic E-state index is -0.456. The first-order chi connectivity index (χ1) is 14.7. The Morgan fingerprint density at radius 3 is 2.90 bits per heavy atom. The Labute approximate surface area is 176 Å². The lowest BCUT2D eigenvalue weighted by atomic mass is 9.86. The van der Waals surface area contributed by atoms with Gasteiger partial charge in [0.05, 0.1) is 5.70 Å². The van der Waals surface area contributed by atoms with Gasteiger partial charge in [-0.05, 0) is 48.2 Å². The van der Waals surface area contributed by atoms with Gasteiger partial charge in [-0.2, -0.15) is 10.1 Å². The molecule has 0 unspecified atom stereocenters. The summed E-state index contributed by atoms with van der Waals surface area (Å²) >= 11 is 1.66. The van der Waals surface area contributed by atoms with Gasteiger partial charge < -0.3 is 10.1 Å². The van der Waals surface area contributed by atoms with Crippen LogP contribution in [0.4, 0.5) is 10.3 Å². The lowest BCUT2D eigenvalue weighted by molar-refractivity contribution is 0.223. The molecule has 0 amide bonds. The Morgan fingerprint density at radius 1 is 1.13 bits per heavy atom. The molecule has 0 saturated carbocycles. The van der Waals surface area contributed by atoms with E-state index in [0.717, 1.165) is 38.6 Å². The van der Waals surface area contributed by atoms with E-state index in [9.17, 15) is 4.39 Å². The number of rotatable bonds is 2. The summed E-state index contributed by atoms with van der Waals surface area (Å²) in [5.41, 5.74) is 4.83. The van der Waals surface area contributed by atoms with Crippen LogP contribution in [0.5, 0.6) is 5.75 Å². The van der Waals surface area contributed by atoms with Crippen LogP contribution in [0.1, 0.15) is 33.7 Å². The van der Waals surface area contributed by atoms with Crippen LogP contribution in [-0.4, -0.2) is 14.8 Å². The number of fused-ring (bicyclic) bond motifs is 3. The molecular formula is C23H17FN4OS. The molecule has 4 aromatic rings. The van der Waals surface area contributed by atoms with E-state index >= 15 is 0 Å². The minimum Gasteiger partial charge on any atom is -0.480 e. The summed E-state index contributed by atoms with van der Waals surface area (Å²) < 4.78 is 22.5. The molecule has 30 heavy (non-hydrogen) atoms. The second kappa shape index (κ2) is 6.53. The SMILES string of the molecule is Cc1ccc2c(c1)C1=C([C@H](c3cccs3)n3ncnc3N1)[C@@H](c1cccc(F)c1)O2. The third kappa shape index (κ3) is 2.59. The number of hydrogen-bond acceptors (Lipinski definition) is 5. The third-order valence-electron chi connectivity index (χ3n) is 5.53. The Bertz CT molecular complexity index is 1290. The van der Waals surface area contributed by atoms with Crippen molar-refractivity contribution in [2.45, 2.75) is 19.1 Å². The van der Waals surface area contributed by atoms with Crippen LogP contribution in [0.3, 0.4) is 0 Å². The van der Waals surface area contributed by atoms with E-state index in [1.54, 1.807) is 23.7 Å². The fourth-order valence-corrected chi connectivity index (χ4v) is 5.08. The molecule has 148 valence electrons. The minimum absolute atomic E-state index is 0.194. The first kappa shape index (κ1) is 17.4. The van der Waals surface area contributed by atoms with E-state index in [1.807, 2.05) is 34.3 Å². The fourth-order valence-electron chi connectivity index (χ4n) is 4.25. The van der Waals surface area contributed by atoms with Crippen LogP contribution in [0, 0.1) is 12.7 Å². The summed E-state index contributed by atoms with van der Waals surface area (Å²) in [5, 5.41) is 10.0. The Balaban J connectivity index is 1.65. The summed E-state index contributed by atoms with van der Waals surface area (Å²) in [7, 11) is 0. The molecule has 2 aliphatic rings. The quantitative estimate of drug-likeness (QED) is 0.479. The number of ether oxygens (including phenoxy) is 1. The molecule has 0 radical (unpaired) electrons. The van der Waals surface area contributed by atoms with Crippen molar-refractivity contribution < 1.29 is 9.13 Å². The monoisotopic (exact) mass is 416 g/mol. The molecule has 2 aliphatic heterocycles. The predicted molar refractivity (Wildman–Crippen MR) is 114 cm³/mol. The Hall–Kier alpha value is -3.45. The molecule has 0 aliphatic carbocycles. The van der Waals surface area contributed by atoms with Gasteiger partial charge in [-0.25, -0.2) is 9.07 Å². The van der Waals surface area contributed by atoms with E-state index in [1.165, 1.54) is 12.1 Å². The number of thiophene rings is 1. The number of benzene rings is 2. The van der Waals surface area contributed by atoms with Crippen molar-refractivity contribution in [1.82, 2.24) is 14.8 Å². The number of aryl methyl sites for hydroxylation is 1. The molecular weight excluding hydrogens is 399 g/mol. The van der Waals surface area contributed by atoms with Gasteiger partial charge in [-0.3, -0.25) is 0 Å². The van der Waals surface area contributed by atoms with Gasteiger partial charge in [0, 0.05) is 16.0 Å². The zero-order valence-electron chi connectivity index (χ0n) is 16.0. The number of aromatic nitrogens is 3. The average Bonchev–Trinajstić information content (AvgIpc) is 3.44. The molecule has 0 bridgehead atoms. The van der Waals surface area contributed by atoms with Gasteiger partial charge in [0.1, 0.15) is 30.0 Å². The summed E-state index contributed by atoms with van der Waals surface area (Å²) in [6.07, 6.45) is 1.10. The number of halogens is 1. The molecule has 0 fully saturated rings. The maximum absolute atomic E-state index is 14.1. The van der Waals surface area contributed by atoms with E-state index in [-0.39, 0.29) is 11.9 Å². The second-order valence-electron chi connectivity index (χ2n) is 7.45. The van der Waals surface area contributed by atoms with Gasteiger partial charge in [0.15, 0.2) is 0 Å². The van der Waals surface area contributed by atoms with Crippen molar-refractivity contribution in [3.8, 4) is 5.75 Å². The van der Waals surface area contributed by atoms with Crippen LogP contribution in [0.2, 0.25) is 0 Å². The normalized spacial score (nSPS) is 19.4.